The van der Waals surface area contributed by atoms with Gasteiger partial charge in [0.1, 0.15) is 7.85 Å². The van der Waals surface area contributed by atoms with Crippen molar-refractivity contribution in [3.63, 3.8) is 0 Å². The second-order valence-corrected chi connectivity index (χ2v) is 5.34. The molecule has 3 nitrogen and oxygen atoms in total. The van der Waals surface area contributed by atoms with E-state index in [4.69, 9.17) is 4.74 Å². The van der Waals surface area contributed by atoms with E-state index < -0.39 is 0 Å². The second-order valence-electron chi connectivity index (χ2n) is 5.34. The summed E-state index contributed by atoms with van der Waals surface area (Å²) in [6.07, 6.45) is 2.20. The molecule has 110 valence electrons. The number of hydrogen-bond acceptors (Lipinski definition) is 2. The number of rotatable bonds is 7. The Morgan fingerprint density at radius 2 is 1.85 bits per heavy atom. The highest BCUT2D eigenvalue weighted by Crippen LogP contribution is 2.17. The summed E-state index contributed by atoms with van der Waals surface area (Å²) in [5.74, 6) is 0.0618. The molecule has 0 N–H and O–H groups in total. The van der Waals surface area contributed by atoms with E-state index in [0.717, 1.165) is 25.1 Å². The van der Waals surface area contributed by atoms with Gasteiger partial charge in [-0.1, -0.05) is 29.9 Å². The van der Waals surface area contributed by atoms with Crippen LogP contribution in [-0.4, -0.2) is 33.5 Å². The lowest BCUT2D eigenvalue weighted by atomic mass is 9.86. The van der Waals surface area contributed by atoms with E-state index in [-0.39, 0.29) is 5.91 Å². The minimum absolute atomic E-state index is 0.0618. The van der Waals surface area contributed by atoms with E-state index in [9.17, 15) is 4.79 Å². The number of ether oxygens (including phenoxy) is 1. The zero-order chi connectivity index (χ0) is 15.1. The molecule has 0 aliphatic carbocycles. The quantitative estimate of drug-likeness (QED) is 0.560. The summed E-state index contributed by atoms with van der Waals surface area (Å²) >= 11 is 0. The van der Waals surface area contributed by atoms with Crippen LogP contribution >= 0.6 is 0 Å². The third kappa shape index (κ3) is 4.67. The topological polar surface area (TPSA) is 29.5 Å². The molecule has 0 saturated carbocycles. The molecule has 4 heteroatoms. The highest BCUT2D eigenvalue weighted by atomic mass is 16.5. The normalized spacial score (nSPS) is 10.6. The number of anilines is 1. The molecule has 0 heterocycles. The average molecular weight is 275 g/mol. The summed E-state index contributed by atoms with van der Waals surface area (Å²) in [6, 6.07) is 4.16. The Kier molecular flexibility index (Phi) is 6.79. The van der Waals surface area contributed by atoms with Crippen LogP contribution in [0, 0.1) is 13.8 Å². The van der Waals surface area contributed by atoms with Gasteiger partial charge < -0.3 is 9.64 Å². The zero-order valence-corrected chi connectivity index (χ0v) is 13.5. The van der Waals surface area contributed by atoms with Crippen LogP contribution in [0.5, 0.6) is 0 Å². The van der Waals surface area contributed by atoms with Gasteiger partial charge in [0.15, 0.2) is 0 Å². The molecule has 1 aromatic carbocycles. The Balaban J connectivity index is 2.74. The third-order valence-electron chi connectivity index (χ3n) is 3.71. The predicted octanol–water partition coefficient (Wildman–Crippen LogP) is 1.73. The number of amides is 1. The minimum Gasteiger partial charge on any atom is -0.380 e. The molecule has 0 unspecified atom stereocenters. The molecule has 0 spiro atoms. The first kappa shape index (κ1) is 16.8. The van der Waals surface area contributed by atoms with Gasteiger partial charge >= 0.3 is 0 Å². The summed E-state index contributed by atoms with van der Waals surface area (Å²) in [5.41, 5.74) is 4.70. The van der Waals surface area contributed by atoms with E-state index in [1.807, 2.05) is 0 Å². The fourth-order valence-electron chi connectivity index (χ4n) is 2.14. The van der Waals surface area contributed by atoms with Crippen molar-refractivity contribution in [3.8, 4) is 0 Å². The van der Waals surface area contributed by atoms with Crippen LogP contribution in [0.4, 0.5) is 5.69 Å². The van der Waals surface area contributed by atoms with Crippen molar-refractivity contribution >= 4 is 24.9 Å². The van der Waals surface area contributed by atoms with E-state index >= 15 is 0 Å². The Hall–Kier alpha value is -1.29. The lowest BCUT2D eigenvalue weighted by molar-refractivity contribution is -0.116. The fraction of sp³-hybridized carbons (Fsp3) is 0.562. The summed E-state index contributed by atoms with van der Waals surface area (Å²) in [4.78, 5) is 13.6. The Morgan fingerprint density at radius 1 is 1.25 bits per heavy atom. The summed E-state index contributed by atoms with van der Waals surface area (Å²) < 4.78 is 5.57. The highest BCUT2D eigenvalue weighted by molar-refractivity contribution is 6.34. The monoisotopic (exact) mass is 275 g/mol. The van der Waals surface area contributed by atoms with Crippen molar-refractivity contribution in [3.05, 3.63) is 23.3 Å². The molecule has 20 heavy (non-hydrogen) atoms. The molecule has 0 saturated heterocycles. The van der Waals surface area contributed by atoms with Crippen LogP contribution in [0.2, 0.25) is 0 Å². The molecule has 0 aliphatic rings. The molecule has 0 bridgehead atoms. The molecule has 0 fully saturated rings. The van der Waals surface area contributed by atoms with Gasteiger partial charge in [-0.05, 0) is 32.4 Å². The van der Waals surface area contributed by atoms with Gasteiger partial charge in [0.2, 0.25) is 5.91 Å². The van der Waals surface area contributed by atoms with Crippen LogP contribution in [0.25, 0.3) is 0 Å². The van der Waals surface area contributed by atoms with Gasteiger partial charge in [-0.25, -0.2) is 0 Å². The van der Waals surface area contributed by atoms with Crippen molar-refractivity contribution < 1.29 is 9.53 Å². The number of benzene rings is 1. The van der Waals surface area contributed by atoms with E-state index in [1.165, 1.54) is 16.6 Å². The maximum atomic E-state index is 11.8. The van der Waals surface area contributed by atoms with Crippen molar-refractivity contribution in [1.29, 1.82) is 0 Å². The number of hydrogen-bond donors (Lipinski definition) is 0. The number of aryl methyl sites for hydroxylation is 2. The van der Waals surface area contributed by atoms with Crippen molar-refractivity contribution in [2.45, 2.75) is 40.5 Å². The number of nitrogens with zero attached hydrogens (tertiary/aromatic N) is 1. The molecule has 1 amide bonds. The fourth-order valence-corrected chi connectivity index (χ4v) is 2.14. The lowest BCUT2D eigenvalue weighted by Gasteiger charge is -2.23. The van der Waals surface area contributed by atoms with Crippen LogP contribution in [0.1, 0.15) is 37.8 Å². The summed E-state index contributed by atoms with van der Waals surface area (Å²) in [7, 11) is 2.11. The van der Waals surface area contributed by atoms with Crippen LogP contribution < -0.4 is 10.4 Å². The maximum Gasteiger partial charge on any atom is 0.223 e. The van der Waals surface area contributed by atoms with Crippen LogP contribution in [0.3, 0.4) is 0 Å². The first-order valence-corrected chi connectivity index (χ1v) is 7.41. The van der Waals surface area contributed by atoms with Gasteiger partial charge in [0.05, 0.1) is 6.61 Å². The summed E-state index contributed by atoms with van der Waals surface area (Å²) in [6.45, 7) is 9.89. The number of unbranched alkanes of at least 4 members (excludes halogenated alkanes) is 1. The largest absolute Gasteiger partial charge is 0.380 e. The van der Waals surface area contributed by atoms with E-state index in [1.54, 1.807) is 11.8 Å². The van der Waals surface area contributed by atoms with Gasteiger partial charge in [-0.15, -0.1) is 0 Å². The molecule has 1 rings (SSSR count). The van der Waals surface area contributed by atoms with Crippen molar-refractivity contribution in [1.82, 2.24) is 0 Å². The Morgan fingerprint density at radius 3 is 2.35 bits per heavy atom. The van der Waals surface area contributed by atoms with Crippen molar-refractivity contribution in [2.24, 2.45) is 0 Å². The average Bonchev–Trinajstić information content (AvgIpc) is 2.39. The van der Waals surface area contributed by atoms with Gasteiger partial charge in [-0.3, -0.25) is 4.79 Å². The predicted molar refractivity (Wildman–Crippen MR) is 87.8 cm³/mol. The van der Waals surface area contributed by atoms with E-state index in [2.05, 4.69) is 40.8 Å². The molecule has 0 radical (unpaired) electrons. The van der Waals surface area contributed by atoms with Crippen molar-refractivity contribution in [2.75, 3.05) is 24.7 Å². The Labute approximate surface area is 123 Å². The minimum atomic E-state index is 0.0618. The van der Waals surface area contributed by atoms with Gasteiger partial charge in [-0.2, -0.15) is 0 Å². The number of carbonyl (C=O) groups excluding carboxylic acids is 1. The highest BCUT2D eigenvalue weighted by Gasteiger charge is 2.13. The zero-order valence-electron chi connectivity index (χ0n) is 13.5. The standard InChI is InChI=1S/C16H26BNO2/c1-5-6-8-20-9-7-18(14(4)19)15-10-12(2)16(17)13(3)11-15/h10-11H,5-9,17H2,1-4H3. The smallest absolute Gasteiger partial charge is 0.223 e. The SMILES string of the molecule is Bc1c(C)cc(N(CCOCCCC)C(C)=O)cc1C. The molecule has 1 aromatic rings. The first-order valence-electron chi connectivity index (χ1n) is 7.41. The maximum absolute atomic E-state index is 11.8. The molecule has 0 aromatic heterocycles. The molecular weight excluding hydrogens is 249 g/mol. The van der Waals surface area contributed by atoms with Crippen LogP contribution in [-0.2, 0) is 9.53 Å². The third-order valence-corrected chi connectivity index (χ3v) is 3.71. The summed E-state index contributed by atoms with van der Waals surface area (Å²) in [5, 5.41) is 0. The van der Waals surface area contributed by atoms with Gasteiger partial charge in [0, 0.05) is 25.8 Å². The van der Waals surface area contributed by atoms with E-state index in [0.29, 0.717) is 13.2 Å². The van der Waals surface area contributed by atoms with Crippen LogP contribution in [0.15, 0.2) is 12.1 Å². The second kappa shape index (κ2) is 8.10. The molecular formula is C16H26BNO2. The lowest BCUT2D eigenvalue weighted by Crippen LogP contribution is -2.32. The Bertz CT molecular complexity index is 437. The van der Waals surface area contributed by atoms with Gasteiger partial charge in [0.25, 0.3) is 0 Å². The first-order chi connectivity index (χ1) is 9.47. The molecule has 0 atom stereocenters. The molecule has 0 aliphatic heterocycles. The number of carbonyl (C=O) groups is 1.